The highest BCUT2D eigenvalue weighted by atomic mass is 32.1. The minimum atomic E-state index is 0.117. The summed E-state index contributed by atoms with van der Waals surface area (Å²) in [7, 11) is 0. The molecule has 2 aromatic heterocycles. The van der Waals surface area contributed by atoms with Crippen LogP contribution in [0.5, 0.6) is 0 Å². The van der Waals surface area contributed by atoms with E-state index in [2.05, 4.69) is 58.6 Å². The lowest BCUT2D eigenvalue weighted by atomic mass is 10.1. The fourth-order valence-corrected chi connectivity index (χ4v) is 3.39. The van der Waals surface area contributed by atoms with E-state index in [9.17, 15) is 0 Å². The Morgan fingerprint density at radius 2 is 1.85 bits per heavy atom. The summed E-state index contributed by atoms with van der Waals surface area (Å²) < 4.78 is 0. The molecule has 0 fully saturated rings. The largest absolute Gasteiger partial charge is 0.391 e. The van der Waals surface area contributed by atoms with E-state index in [1.165, 1.54) is 16.7 Å². The fourth-order valence-electron chi connectivity index (χ4n) is 2.01. The normalized spacial score (nSPS) is 11.2. The zero-order chi connectivity index (χ0) is 13.8. The molecule has 1 N–H and O–H groups in total. The lowest BCUT2D eigenvalue weighted by molar-refractivity contribution is 0.285. The summed E-state index contributed by atoms with van der Waals surface area (Å²) in [5.74, 6) is 0. The molecule has 0 aliphatic rings. The van der Waals surface area contributed by atoms with Gasteiger partial charge in [-0.15, -0.1) is 11.3 Å². The van der Waals surface area contributed by atoms with Gasteiger partial charge in [0.05, 0.1) is 6.61 Å². The quantitative estimate of drug-likeness (QED) is 0.707. The topological polar surface area (TPSA) is 20.2 Å². The molecule has 20 heavy (non-hydrogen) atoms. The maximum Gasteiger partial charge on any atom is 0.0774 e. The van der Waals surface area contributed by atoms with E-state index in [1.54, 1.807) is 22.7 Å². The molecule has 0 saturated heterocycles. The van der Waals surface area contributed by atoms with Crippen LogP contribution in [0.3, 0.4) is 0 Å². The molecule has 0 radical (unpaired) electrons. The fraction of sp³-hybridized carbons (Fsp3) is 0.0588. The lowest BCUT2D eigenvalue weighted by Crippen LogP contribution is -1.76. The number of aliphatic hydroxyl groups is 1. The van der Waals surface area contributed by atoms with Crippen LogP contribution in [0.2, 0.25) is 0 Å². The summed E-state index contributed by atoms with van der Waals surface area (Å²) in [4.78, 5) is 0.997. The van der Waals surface area contributed by atoms with Crippen LogP contribution in [0.4, 0.5) is 0 Å². The summed E-state index contributed by atoms with van der Waals surface area (Å²) >= 11 is 3.30. The third kappa shape index (κ3) is 3.07. The number of benzene rings is 1. The maximum atomic E-state index is 9.07. The first kappa shape index (κ1) is 13.3. The van der Waals surface area contributed by atoms with Crippen molar-refractivity contribution in [1.82, 2.24) is 0 Å². The number of hydrogen-bond acceptors (Lipinski definition) is 3. The minimum absolute atomic E-state index is 0.117. The van der Waals surface area contributed by atoms with Crippen molar-refractivity contribution >= 4 is 34.8 Å². The number of rotatable bonds is 4. The molecule has 0 bridgehead atoms. The Labute approximate surface area is 126 Å². The Morgan fingerprint density at radius 1 is 0.950 bits per heavy atom. The van der Waals surface area contributed by atoms with Crippen molar-refractivity contribution in [3.8, 4) is 11.1 Å². The average molecular weight is 298 g/mol. The van der Waals surface area contributed by atoms with Gasteiger partial charge in [-0.1, -0.05) is 30.4 Å². The van der Waals surface area contributed by atoms with Crippen molar-refractivity contribution in [3.63, 3.8) is 0 Å². The third-order valence-corrected chi connectivity index (χ3v) is 4.66. The van der Waals surface area contributed by atoms with Gasteiger partial charge in [0.15, 0.2) is 0 Å². The molecule has 0 aliphatic carbocycles. The Bertz CT molecular complexity index is 708. The molecular formula is C17H14OS2. The van der Waals surface area contributed by atoms with Gasteiger partial charge in [-0.3, -0.25) is 0 Å². The molecule has 2 heterocycles. The van der Waals surface area contributed by atoms with Crippen LogP contribution in [0.1, 0.15) is 16.0 Å². The maximum absolute atomic E-state index is 9.07. The first-order chi connectivity index (χ1) is 9.85. The Balaban J connectivity index is 1.82. The highest BCUT2D eigenvalue weighted by Crippen LogP contribution is 2.24. The van der Waals surface area contributed by atoms with Crippen molar-refractivity contribution in [2.24, 2.45) is 0 Å². The predicted octanol–water partition coefficient (Wildman–Crippen LogP) is 5.14. The summed E-state index contributed by atoms with van der Waals surface area (Å²) in [6.07, 6.45) is 4.20. The molecule has 1 nitrogen and oxygen atoms in total. The van der Waals surface area contributed by atoms with E-state index >= 15 is 0 Å². The van der Waals surface area contributed by atoms with E-state index in [4.69, 9.17) is 5.11 Å². The van der Waals surface area contributed by atoms with Crippen molar-refractivity contribution < 1.29 is 5.11 Å². The van der Waals surface area contributed by atoms with Gasteiger partial charge in [-0.05, 0) is 56.6 Å². The van der Waals surface area contributed by atoms with Crippen LogP contribution >= 0.6 is 22.7 Å². The molecule has 3 rings (SSSR count). The highest BCUT2D eigenvalue weighted by molar-refractivity contribution is 7.10. The SMILES string of the molecule is OCc1cc(C=Cc2cccc(-c3ccsc3)c2)cs1. The number of thiophene rings is 2. The van der Waals surface area contributed by atoms with Gasteiger partial charge in [0.1, 0.15) is 0 Å². The second kappa shape index (κ2) is 6.18. The average Bonchev–Trinajstić information content (AvgIpc) is 3.17. The summed E-state index contributed by atoms with van der Waals surface area (Å²) in [5, 5.41) is 15.4. The molecule has 0 spiro atoms. The molecular weight excluding hydrogens is 284 g/mol. The Kier molecular flexibility index (Phi) is 4.11. The molecule has 0 aliphatic heterocycles. The van der Waals surface area contributed by atoms with Crippen LogP contribution in [-0.4, -0.2) is 5.11 Å². The first-order valence-corrected chi connectivity index (χ1v) is 8.16. The highest BCUT2D eigenvalue weighted by Gasteiger charge is 1.99. The second-order valence-electron chi connectivity index (χ2n) is 4.48. The molecule has 3 aromatic rings. The summed E-state index contributed by atoms with van der Waals surface area (Å²) in [6, 6.07) is 12.7. The first-order valence-electron chi connectivity index (χ1n) is 6.34. The van der Waals surface area contributed by atoms with E-state index in [0.29, 0.717) is 0 Å². The van der Waals surface area contributed by atoms with Crippen LogP contribution in [0.25, 0.3) is 23.3 Å². The van der Waals surface area contributed by atoms with Gasteiger partial charge < -0.3 is 5.11 Å². The third-order valence-electron chi connectivity index (χ3n) is 3.04. The predicted molar refractivity (Wildman–Crippen MR) is 88.9 cm³/mol. The Morgan fingerprint density at radius 3 is 2.60 bits per heavy atom. The molecule has 0 amide bonds. The van der Waals surface area contributed by atoms with E-state index in [1.807, 2.05) is 6.07 Å². The van der Waals surface area contributed by atoms with E-state index < -0.39 is 0 Å². The van der Waals surface area contributed by atoms with Gasteiger partial charge in [-0.25, -0.2) is 0 Å². The van der Waals surface area contributed by atoms with Crippen LogP contribution < -0.4 is 0 Å². The van der Waals surface area contributed by atoms with Crippen molar-refractivity contribution in [3.05, 3.63) is 68.5 Å². The van der Waals surface area contributed by atoms with Gasteiger partial charge in [0, 0.05) is 4.88 Å². The minimum Gasteiger partial charge on any atom is -0.391 e. The number of hydrogen-bond donors (Lipinski definition) is 1. The molecule has 3 heteroatoms. The molecule has 0 saturated carbocycles. The summed E-state index contributed by atoms with van der Waals surface area (Å²) in [6.45, 7) is 0.117. The molecule has 0 unspecified atom stereocenters. The van der Waals surface area contributed by atoms with Crippen molar-refractivity contribution in [1.29, 1.82) is 0 Å². The standard InChI is InChI=1S/C17H14OS2/c18-10-17-9-14(11-20-17)5-4-13-2-1-3-15(8-13)16-6-7-19-12-16/h1-9,11-12,18H,10H2. The van der Waals surface area contributed by atoms with Crippen molar-refractivity contribution in [2.45, 2.75) is 6.61 Å². The smallest absolute Gasteiger partial charge is 0.0774 e. The zero-order valence-corrected chi connectivity index (χ0v) is 12.5. The zero-order valence-electron chi connectivity index (χ0n) is 10.8. The molecule has 100 valence electrons. The lowest BCUT2D eigenvalue weighted by Gasteiger charge is -1.99. The van der Waals surface area contributed by atoms with E-state index in [0.717, 1.165) is 10.4 Å². The summed E-state index contributed by atoms with van der Waals surface area (Å²) in [5.41, 5.74) is 4.84. The van der Waals surface area contributed by atoms with Gasteiger partial charge >= 0.3 is 0 Å². The van der Waals surface area contributed by atoms with Crippen LogP contribution in [0, 0.1) is 0 Å². The van der Waals surface area contributed by atoms with Gasteiger partial charge in [-0.2, -0.15) is 11.3 Å². The van der Waals surface area contributed by atoms with Gasteiger partial charge in [0.25, 0.3) is 0 Å². The van der Waals surface area contributed by atoms with Crippen LogP contribution in [0.15, 0.2) is 52.5 Å². The van der Waals surface area contributed by atoms with E-state index in [-0.39, 0.29) is 6.61 Å². The number of aliphatic hydroxyl groups excluding tert-OH is 1. The monoisotopic (exact) mass is 298 g/mol. The molecule has 0 atom stereocenters. The second-order valence-corrected chi connectivity index (χ2v) is 6.25. The molecule has 1 aromatic carbocycles. The van der Waals surface area contributed by atoms with Crippen molar-refractivity contribution in [2.75, 3.05) is 0 Å². The van der Waals surface area contributed by atoms with Crippen LogP contribution in [-0.2, 0) is 6.61 Å². The Hall–Kier alpha value is -1.68. The van der Waals surface area contributed by atoms with Gasteiger partial charge in [0.2, 0.25) is 0 Å².